The highest BCUT2D eigenvalue weighted by Crippen LogP contribution is 2.32. The predicted molar refractivity (Wildman–Crippen MR) is 71.7 cm³/mol. The van der Waals surface area contributed by atoms with Crippen molar-refractivity contribution in [2.24, 2.45) is 0 Å². The number of hydrogen-bond donors (Lipinski definition) is 1. The first-order chi connectivity index (χ1) is 9.09. The number of benzene rings is 1. The van der Waals surface area contributed by atoms with E-state index in [1.165, 1.54) is 22.6 Å². The van der Waals surface area contributed by atoms with Gasteiger partial charge in [-0.1, -0.05) is 18.2 Å². The van der Waals surface area contributed by atoms with Crippen LogP contribution in [0.2, 0.25) is 0 Å². The van der Waals surface area contributed by atoms with Gasteiger partial charge in [-0.2, -0.15) is 0 Å². The highest BCUT2D eigenvalue weighted by Gasteiger charge is 2.30. The third kappa shape index (κ3) is 1.94. The van der Waals surface area contributed by atoms with Crippen molar-refractivity contribution in [1.82, 2.24) is 4.98 Å². The van der Waals surface area contributed by atoms with Crippen molar-refractivity contribution in [3.8, 4) is 0 Å². The molecule has 0 aliphatic carbocycles. The Morgan fingerprint density at radius 2 is 1.89 bits per heavy atom. The number of aromatic nitrogens is 1. The van der Waals surface area contributed by atoms with E-state index in [-0.39, 0.29) is 10.5 Å². The lowest BCUT2D eigenvalue weighted by atomic mass is 10.2. The summed E-state index contributed by atoms with van der Waals surface area (Å²) in [6.45, 7) is 0.431. The highest BCUT2D eigenvalue weighted by molar-refractivity contribution is 7.92. The van der Waals surface area contributed by atoms with Crippen molar-refractivity contribution in [2.75, 3.05) is 10.8 Å². The Morgan fingerprint density at radius 3 is 2.63 bits per heavy atom. The van der Waals surface area contributed by atoms with E-state index in [2.05, 4.69) is 4.98 Å². The third-order valence-electron chi connectivity index (χ3n) is 3.19. The maximum Gasteiger partial charge on any atom is 0.265 e. The molecule has 19 heavy (non-hydrogen) atoms. The van der Waals surface area contributed by atoms with Crippen LogP contribution < -0.4 is 9.86 Å². The van der Waals surface area contributed by atoms with Gasteiger partial charge in [-0.15, -0.1) is 0 Å². The number of nitrogens with one attached hydrogen (secondary N) is 1. The number of fused-ring (bicyclic) bond motifs is 1. The molecule has 3 rings (SSSR count). The van der Waals surface area contributed by atoms with Crippen LogP contribution in [0, 0.1) is 0 Å². The second-order valence-corrected chi connectivity index (χ2v) is 6.21. The molecule has 0 fully saturated rings. The van der Waals surface area contributed by atoms with Crippen LogP contribution in [0.25, 0.3) is 0 Å². The average molecular weight is 276 g/mol. The lowest BCUT2D eigenvalue weighted by molar-refractivity contribution is 0.592. The Labute approximate surface area is 110 Å². The number of aromatic amines is 1. The molecule has 6 heteroatoms. The molecule has 2 aromatic rings. The predicted octanol–water partition coefficient (Wildman–Crippen LogP) is 1.13. The number of para-hydroxylation sites is 1. The summed E-state index contributed by atoms with van der Waals surface area (Å²) >= 11 is 0. The fourth-order valence-electron chi connectivity index (χ4n) is 2.24. The molecule has 0 bridgehead atoms. The first-order valence-corrected chi connectivity index (χ1v) is 7.32. The van der Waals surface area contributed by atoms with Crippen molar-refractivity contribution >= 4 is 15.7 Å². The van der Waals surface area contributed by atoms with E-state index in [9.17, 15) is 13.2 Å². The molecule has 0 spiro atoms. The van der Waals surface area contributed by atoms with Crippen LogP contribution in [0.15, 0.2) is 52.3 Å². The Hall–Kier alpha value is -2.08. The van der Waals surface area contributed by atoms with Gasteiger partial charge in [0.15, 0.2) is 0 Å². The lowest BCUT2D eigenvalue weighted by Gasteiger charge is -2.19. The Kier molecular flexibility index (Phi) is 2.67. The number of H-pyrrole nitrogens is 1. The molecule has 1 aromatic heterocycles. The summed E-state index contributed by atoms with van der Waals surface area (Å²) in [5.74, 6) is 0. The second kappa shape index (κ2) is 4.24. The third-order valence-corrected chi connectivity index (χ3v) is 5.00. The molecule has 98 valence electrons. The van der Waals surface area contributed by atoms with Gasteiger partial charge >= 0.3 is 0 Å². The highest BCUT2D eigenvalue weighted by atomic mass is 32.2. The maximum atomic E-state index is 12.5. The molecule has 2 heterocycles. The number of hydrogen-bond acceptors (Lipinski definition) is 3. The van der Waals surface area contributed by atoms with Gasteiger partial charge in [0.05, 0.1) is 5.69 Å². The minimum Gasteiger partial charge on any atom is -0.328 e. The topological polar surface area (TPSA) is 70.2 Å². The summed E-state index contributed by atoms with van der Waals surface area (Å²) in [5.41, 5.74) is 1.42. The molecule has 0 saturated heterocycles. The summed E-state index contributed by atoms with van der Waals surface area (Å²) in [7, 11) is -3.61. The van der Waals surface area contributed by atoms with E-state index in [4.69, 9.17) is 0 Å². The van der Waals surface area contributed by atoms with Gasteiger partial charge in [-0.25, -0.2) is 8.42 Å². The fraction of sp³-hybridized carbons (Fsp3) is 0.154. The van der Waals surface area contributed by atoms with Gasteiger partial charge in [0, 0.05) is 18.8 Å². The molecule has 0 radical (unpaired) electrons. The van der Waals surface area contributed by atoms with Crippen molar-refractivity contribution in [3.05, 3.63) is 58.5 Å². The van der Waals surface area contributed by atoms with E-state index in [1.54, 1.807) is 6.07 Å². The Morgan fingerprint density at radius 1 is 1.11 bits per heavy atom. The molecule has 1 aliphatic heterocycles. The van der Waals surface area contributed by atoms with E-state index in [0.29, 0.717) is 18.7 Å². The van der Waals surface area contributed by atoms with Crippen molar-refractivity contribution in [3.63, 3.8) is 0 Å². The number of sulfonamides is 1. The molecule has 1 aliphatic rings. The first-order valence-electron chi connectivity index (χ1n) is 5.88. The average Bonchev–Trinajstić information content (AvgIpc) is 2.83. The summed E-state index contributed by atoms with van der Waals surface area (Å²) in [6.07, 6.45) is 1.94. The number of pyridine rings is 1. The number of anilines is 1. The summed E-state index contributed by atoms with van der Waals surface area (Å²) in [6, 6.07) is 9.99. The van der Waals surface area contributed by atoms with Gasteiger partial charge in [-0.3, -0.25) is 9.10 Å². The minimum atomic E-state index is -3.61. The van der Waals surface area contributed by atoms with Crippen LogP contribution in [-0.4, -0.2) is 19.9 Å². The van der Waals surface area contributed by atoms with E-state index < -0.39 is 10.0 Å². The fourth-order valence-corrected chi connectivity index (χ4v) is 3.71. The maximum absolute atomic E-state index is 12.5. The molecule has 0 atom stereocenters. The van der Waals surface area contributed by atoms with Crippen LogP contribution in [0.5, 0.6) is 0 Å². The first kappa shape index (κ1) is 12.0. The summed E-state index contributed by atoms with van der Waals surface area (Å²) in [4.78, 5) is 13.5. The Balaban J connectivity index is 2.08. The van der Waals surface area contributed by atoms with Crippen molar-refractivity contribution < 1.29 is 8.42 Å². The van der Waals surface area contributed by atoms with Crippen LogP contribution in [0.4, 0.5) is 5.69 Å². The smallest absolute Gasteiger partial charge is 0.265 e. The lowest BCUT2D eigenvalue weighted by Crippen LogP contribution is -2.29. The standard InChI is InChI=1S/C13H12N2O3S/c16-13-6-5-11(9-14-13)19(17,18)15-8-7-10-3-1-2-4-12(10)15/h1-6,9H,7-8H2,(H,14,16). The molecule has 0 amide bonds. The van der Waals surface area contributed by atoms with E-state index in [1.807, 2.05) is 18.2 Å². The van der Waals surface area contributed by atoms with Gasteiger partial charge in [-0.05, 0) is 24.1 Å². The number of nitrogens with zero attached hydrogens (tertiary/aromatic N) is 1. The van der Waals surface area contributed by atoms with Gasteiger partial charge in [0.2, 0.25) is 5.56 Å². The van der Waals surface area contributed by atoms with E-state index >= 15 is 0 Å². The normalized spacial score (nSPS) is 14.4. The molecule has 1 aromatic carbocycles. The van der Waals surface area contributed by atoms with Gasteiger partial charge < -0.3 is 4.98 Å². The zero-order valence-corrected chi connectivity index (χ0v) is 10.9. The SMILES string of the molecule is O=c1ccc(S(=O)(=O)N2CCc3ccccc32)c[nH]1. The minimum absolute atomic E-state index is 0.101. The van der Waals surface area contributed by atoms with Crippen molar-refractivity contribution in [1.29, 1.82) is 0 Å². The second-order valence-electron chi connectivity index (χ2n) is 4.34. The van der Waals surface area contributed by atoms with E-state index in [0.717, 1.165) is 5.56 Å². The van der Waals surface area contributed by atoms with Gasteiger partial charge in [0.25, 0.3) is 10.0 Å². The van der Waals surface area contributed by atoms with Crippen LogP contribution in [0.1, 0.15) is 5.56 Å². The molecule has 0 saturated carbocycles. The van der Waals surface area contributed by atoms with Crippen LogP contribution >= 0.6 is 0 Å². The molecular weight excluding hydrogens is 264 g/mol. The quantitative estimate of drug-likeness (QED) is 0.893. The summed E-state index contributed by atoms with van der Waals surface area (Å²) < 4.78 is 26.4. The molecule has 0 unspecified atom stereocenters. The van der Waals surface area contributed by atoms with Crippen LogP contribution in [-0.2, 0) is 16.4 Å². The monoisotopic (exact) mass is 276 g/mol. The molecular formula is C13H12N2O3S. The molecule has 5 nitrogen and oxygen atoms in total. The largest absolute Gasteiger partial charge is 0.328 e. The molecule has 1 N–H and O–H groups in total. The van der Waals surface area contributed by atoms with Crippen molar-refractivity contribution in [2.45, 2.75) is 11.3 Å². The zero-order chi connectivity index (χ0) is 13.5. The number of rotatable bonds is 2. The summed E-state index contributed by atoms with van der Waals surface area (Å²) in [5, 5.41) is 0. The van der Waals surface area contributed by atoms with Crippen LogP contribution in [0.3, 0.4) is 0 Å². The zero-order valence-electron chi connectivity index (χ0n) is 10.0. The van der Waals surface area contributed by atoms with Gasteiger partial charge in [0.1, 0.15) is 4.90 Å². The Bertz CT molecular complexity index is 760.